The maximum Gasteiger partial charge on any atom is 0.141 e. The van der Waals surface area contributed by atoms with Crippen LogP contribution >= 0.6 is 11.6 Å². The first-order chi connectivity index (χ1) is 9.49. The van der Waals surface area contributed by atoms with E-state index in [0.717, 1.165) is 31.6 Å². The molecule has 1 aromatic rings. The third kappa shape index (κ3) is 5.02. The predicted octanol–water partition coefficient (Wildman–Crippen LogP) is 2.75. The molecular formula is C15H25ClFN3. The molecule has 0 fully saturated rings. The van der Waals surface area contributed by atoms with Gasteiger partial charge in [0.1, 0.15) is 5.82 Å². The van der Waals surface area contributed by atoms with Crippen molar-refractivity contribution in [3.8, 4) is 0 Å². The van der Waals surface area contributed by atoms with E-state index in [9.17, 15) is 4.39 Å². The summed E-state index contributed by atoms with van der Waals surface area (Å²) in [6, 6.07) is 4.95. The highest BCUT2D eigenvalue weighted by Gasteiger charge is 2.19. The van der Waals surface area contributed by atoms with Crippen LogP contribution in [0.2, 0.25) is 5.02 Å². The normalized spacial score (nSPS) is 13.2. The van der Waals surface area contributed by atoms with Crippen LogP contribution in [-0.2, 0) is 0 Å². The van der Waals surface area contributed by atoms with Gasteiger partial charge in [0.2, 0.25) is 0 Å². The summed E-state index contributed by atoms with van der Waals surface area (Å²) >= 11 is 5.88. The molecule has 0 amide bonds. The summed E-state index contributed by atoms with van der Waals surface area (Å²) in [5, 5.41) is 0.157. The summed E-state index contributed by atoms with van der Waals surface area (Å²) in [5.41, 5.74) is 6.92. The Kier molecular flexibility index (Phi) is 7.45. The van der Waals surface area contributed by atoms with Crippen LogP contribution in [-0.4, -0.2) is 50.1 Å². The minimum Gasteiger partial charge on any atom is -0.329 e. The Morgan fingerprint density at radius 3 is 2.45 bits per heavy atom. The highest BCUT2D eigenvalue weighted by molar-refractivity contribution is 6.30. The number of benzene rings is 1. The number of nitrogens with zero attached hydrogens (tertiary/aromatic N) is 2. The number of halogens is 2. The third-order valence-electron chi connectivity index (χ3n) is 3.34. The van der Waals surface area contributed by atoms with Gasteiger partial charge in [0.15, 0.2) is 0 Å². The van der Waals surface area contributed by atoms with E-state index in [-0.39, 0.29) is 16.9 Å². The monoisotopic (exact) mass is 301 g/mol. The highest BCUT2D eigenvalue weighted by atomic mass is 35.5. The number of hydrogen-bond acceptors (Lipinski definition) is 3. The quantitative estimate of drug-likeness (QED) is 0.801. The lowest BCUT2D eigenvalue weighted by Gasteiger charge is -2.32. The first-order valence-electron chi connectivity index (χ1n) is 7.03. The van der Waals surface area contributed by atoms with E-state index in [1.54, 1.807) is 12.1 Å². The van der Waals surface area contributed by atoms with Crippen LogP contribution in [0.1, 0.15) is 24.9 Å². The van der Waals surface area contributed by atoms with Gasteiger partial charge in [-0.15, -0.1) is 0 Å². The van der Waals surface area contributed by atoms with E-state index >= 15 is 0 Å². The predicted molar refractivity (Wildman–Crippen MR) is 83.6 cm³/mol. The number of rotatable bonds is 8. The molecule has 1 unspecified atom stereocenters. The molecule has 0 bridgehead atoms. The maximum absolute atomic E-state index is 13.3. The van der Waals surface area contributed by atoms with Crippen molar-refractivity contribution in [3.05, 3.63) is 34.6 Å². The Morgan fingerprint density at radius 1 is 1.25 bits per heavy atom. The molecule has 0 saturated carbocycles. The molecule has 1 atom stereocenters. The molecule has 1 aromatic carbocycles. The standard InChI is InChI=1S/C15H25ClFN3/c1-4-7-20(9-8-19(2)3)15(11-18)12-5-6-14(17)13(16)10-12/h5-6,10,15H,4,7-9,11,18H2,1-3H3. The lowest BCUT2D eigenvalue weighted by Crippen LogP contribution is -2.38. The smallest absolute Gasteiger partial charge is 0.141 e. The molecule has 0 spiro atoms. The minimum absolute atomic E-state index is 0.0769. The Morgan fingerprint density at radius 2 is 1.95 bits per heavy atom. The van der Waals surface area contributed by atoms with E-state index in [1.165, 1.54) is 6.07 Å². The second kappa shape index (κ2) is 8.57. The molecule has 0 aliphatic carbocycles. The third-order valence-corrected chi connectivity index (χ3v) is 3.63. The molecule has 2 N–H and O–H groups in total. The van der Waals surface area contributed by atoms with Gasteiger partial charge in [0, 0.05) is 25.7 Å². The topological polar surface area (TPSA) is 32.5 Å². The first-order valence-corrected chi connectivity index (χ1v) is 7.41. The summed E-state index contributed by atoms with van der Waals surface area (Å²) in [7, 11) is 4.10. The zero-order chi connectivity index (χ0) is 15.1. The van der Waals surface area contributed by atoms with Crippen molar-refractivity contribution in [2.75, 3.05) is 40.3 Å². The van der Waals surface area contributed by atoms with Gasteiger partial charge in [0.05, 0.1) is 5.02 Å². The van der Waals surface area contributed by atoms with E-state index < -0.39 is 0 Å². The van der Waals surface area contributed by atoms with Crippen molar-refractivity contribution < 1.29 is 4.39 Å². The van der Waals surface area contributed by atoms with E-state index in [2.05, 4.69) is 30.8 Å². The van der Waals surface area contributed by atoms with Crippen LogP contribution in [0.3, 0.4) is 0 Å². The largest absolute Gasteiger partial charge is 0.329 e. The average Bonchev–Trinajstić information content (AvgIpc) is 2.40. The molecule has 20 heavy (non-hydrogen) atoms. The zero-order valence-electron chi connectivity index (χ0n) is 12.6. The van der Waals surface area contributed by atoms with E-state index in [4.69, 9.17) is 17.3 Å². The second-order valence-electron chi connectivity index (χ2n) is 5.26. The molecule has 0 radical (unpaired) electrons. The van der Waals surface area contributed by atoms with E-state index in [1.807, 2.05) is 0 Å². The Labute approximate surface area is 126 Å². The van der Waals surface area contributed by atoms with Gasteiger partial charge < -0.3 is 10.6 Å². The molecule has 1 rings (SSSR count). The van der Waals surface area contributed by atoms with Crippen LogP contribution in [0.15, 0.2) is 18.2 Å². The van der Waals surface area contributed by atoms with E-state index in [0.29, 0.717) is 6.54 Å². The Hall–Kier alpha value is -0.680. The van der Waals surface area contributed by atoms with Gasteiger partial charge in [-0.05, 0) is 44.8 Å². The van der Waals surface area contributed by atoms with Crippen molar-refractivity contribution in [1.82, 2.24) is 9.80 Å². The fraction of sp³-hybridized carbons (Fsp3) is 0.600. The lowest BCUT2D eigenvalue weighted by molar-refractivity contribution is 0.182. The van der Waals surface area contributed by atoms with Crippen LogP contribution in [0.4, 0.5) is 4.39 Å². The molecule has 0 aromatic heterocycles. The summed E-state index contributed by atoms with van der Waals surface area (Å²) in [6.45, 7) is 5.50. The molecule has 0 aliphatic heterocycles. The Bertz CT molecular complexity index is 412. The van der Waals surface area contributed by atoms with Gasteiger partial charge in [-0.1, -0.05) is 24.6 Å². The van der Waals surface area contributed by atoms with Gasteiger partial charge in [-0.25, -0.2) is 4.39 Å². The van der Waals surface area contributed by atoms with Crippen molar-refractivity contribution in [3.63, 3.8) is 0 Å². The summed E-state index contributed by atoms with van der Waals surface area (Å²) < 4.78 is 13.3. The van der Waals surface area contributed by atoms with Gasteiger partial charge in [-0.2, -0.15) is 0 Å². The second-order valence-corrected chi connectivity index (χ2v) is 5.67. The zero-order valence-corrected chi connectivity index (χ0v) is 13.3. The molecule has 0 saturated heterocycles. The number of hydrogen-bond donors (Lipinski definition) is 1. The minimum atomic E-state index is -0.387. The average molecular weight is 302 g/mol. The summed E-state index contributed by atoms with van der Waals surface area (Å²) in [5.74, 6) is -0.387. The van der Waals surface area contributed by atoms with Crippen molar-refractivity contribution in [2.45, 2.75) is 19.4 Å². The van der Waals surface area contributed by atoms with Crippen LogP contribution in [0, 0.1) is 5.82 Å². The molecule has 3 nitrogen and oxygen atoms in total. The number of likely N-dealkylation sites (N-methyl/N-ethyl adjacent to an activating group) is 1. The maximum atomic E-state index is 13.3. The van der Waals surface area contributed by atoms with Crippen LogP contribution < -0.4 is 5.73 Å². The molecule has 114 valence electrons. The fourth-order valence-corrected chi connectivity index (χ4v) is 2.44. The number of nitrogens with two attached hydrogens (primary N) is 1. The summed E-state index contributed by atoms with van der Waals surface area (Å²) in [4.78, 5) is 4.48. The van der Waals surface area contributed by atoms with Crippen molar-refractivity contribution in [2.24, 2.45) is 5.73 Å². The van der Waals surface area contributed by atoms with Crippen molar-refractivity contribution >= 4 is 11.6 Å². The summed E-state index contributed by atoms with van der Waals surface area (Å²) in [6.07, 6.45) is 1.05. The first kappa shape index (κ1) is 17.4. The van der Waals surface area contributed by atoms with Gasteiger partial charge >= 0.3 is 0 Å². The SMILES string of the molecule is CCCN(CCN(C)C)C(CN)c1ccc(F)c(Cl)c1. The Balaban J connectivity index is 2.90. The molecule has 0 aliphatic rings. The fourth-order valence-electron chi connectivity index (χ4n) is 2.25. The molecular weight excluding hydrogens is 277 g/mol. The van der Waals surface area contributed by atoms with Crippen LogP contribution in [0.25, 0.3) is 0 Å². The van der Waals surface area contributed by atoms with Crippen LogP contribution in [0.5, 0.6) is 0 Å². The highest BCUT2D eigenvalue weighted by Crippen LogP contribution is 2.24. The van der Waals surface area contributed by atoms with Crippen molar-refractivity contribution in [1.29, 1.82) is 0 Å². The molecule has 5 heteroatoms. The van der Waals surface area contributed by atoms with Gasteiger partial charge in [0.25, 0.3) is 0 Å². The lowest BCUT2D eigenvalue weighted by atomic mass is 10.0. The molecule has 0 heterocycles. The van der Waals surface area contributed by atoms with Gasteiger partial charge in [-0.3, -0.25) is 4.90 Å².